The molecule has 3 aromatic rings. The van der Waals surface area contributed by atoms with Crippen molar-refractivity contribution in [2.45, 2.75) is 25.3 Å². The lowest BCUT2D eigenvalue weighted by Crippen LogP contribution is -2.44. The van der Waals surface area contributed by atoms with E-state index >= 15 is 0 Å². The fourth-order valence-electron chi connectivity index (χ4n) is 5.34. The Hall–Kier alpha value is -3.54. The molecule has 0 saturated carbocycles. The van der Waals surface area contributed by atoms with Gasteiger partial charge in [-0.05, 0) is 87.8 Å². The number of piperidine rings is 1. The Kier molecular flexibility index (Phi) is 8.93. The minimum absolute atomic E-state index is 0.0408. The Bertz CT molecular complexity index is 1330. The molecule has 1 aromatic heterocycles. The molecule has 0 amide bonds. The molecule has 2 aromatic carbocycles. The number of aliphatic carboxylic acids is 1. The first-order valence-electron chi connectivity index (χ1n) is 12.7. The molecule has 0 spiro atoms. The second kappa shape index (κ2) is 12.3. The van der Waals surface area contributed by atoms with Crippen LogP contribution in [0.4, 0.5) is 8.78 Å². The van der Waals surface area contributed by atoms with Gasteiger partial charge in [0.05, 0.1) is 25.1 Å². The number of methoxy groups -OCH3 is 1. The minimum Gasteiger partial charge on any atom is -0.497 e. The van der Waals surface area contributed by atoms with E-state index in [-0.39, 0.29) is 17.5 Å². The summed E-state index contributed by atoms with van der Waals surface area (Å²) in [5.41, 5.74) is 2.31. The van der Waals surface area contributed by atoms with Crippen molar-refractivity contribution in [2.75, 3.05) is 40.8 Å². The second-order valence-electron chi connectivity index (χ2n) is 10.0. The molecule has 1 unspecified atom stereocenters. The summed E-state index contributed by atoms with van der Waals surface area (Å²) in [5.74, 6) is 3.88. The zero-order chi connectivity index (χ0) is 27.2. The van der Waals surface area contributed by atoms with E-state index in [4.69, 9.17) is 4.74 Å². The summed E-state index contributed by atoms with van der Waals surface area (Å²) >= 11 is 0. The quantitative estimate of drug-likeness (QED) is 0.422. The molecule has 2 heterocycles. The number of hydrogen-bond donors (Lipinski definition) is 1. The number of fused-ring (bicyclic) bond motifs is 1. The van der Waals surface area contributed by atoms with Gasteiger partial charge in [0.25, 0.3) is 0 Å². The van der Waals surface area contributed by atoms with Crippen LogP contribution < -0.4 is 4.74 Å². The monoisotopic (exact) mass is 521 g/mol. The normalized spacial score (nSPS) is 18.7. The molecule has 0 bridgehead atoms. The van der Waals surface area contributed by atoms with E-state index in [1.165, 1.54) is 12.1 Å². The lowest BCUT2D eigenvalue weighted by Gasteiger charge is -2.37. The van der Waals surface area contributed by atoms with Gasteiger partial charge in [-0.25, -0.2) is 8.78 Å². The maximum absolute atomic E-state index is 13.4. The third kappa shape index (κ3) is 6.66. The van der Waals surface area contributed by atoms with Gasteiger partial charge >= 0.3 is 5.97 Å². The third-order valence-electron chi connectivity index (χ3n) is 7.33. The predicted octanol–water partition coefficient (Wildman–Crippen LogP) is 4.98. The lowest BCUT2D eigenvalue weighted by molar-refractivity contribution is -0.146. The van der Waals surface area contributed by atoms with Gasteiger partial charge in [-0.2, -0.15) is 0 Å². The van der Waals surface area contributed by atoms with Crippen molar-refractivity contribution in [1.29, 1.82) is 0 Å². The number of benzene rings is 2. The van der Waals surface area contributed by atoms with Gasteiger partial charge in [0.2, 0.25) is 0 Å². The van der Waals surface area contributed by atoms with Crippen molar-refractivity contribution in [3.05, 3.63) is 71.4 Å². The minimum atomic E-state index is -0.805. The van der Waals surface area contributed by atoms with Gasteiger partial charge in [-0.1, -0.05) is 11.8 Å². The Balaban J connectivity index is 1.44. The van der Waals surface area contributed by atoms with Gasteiger partial charge < -0.3 is 14.7 Å². The molecule has 1 fully saturated rings. The summed E-state index contributed by atoms with van der Waals surface area (Å²) in [6.07, 6.45) is 4.15. The second-order valence-corrected chi connectivity index (χ2v) is 10.0. The molecule has 1 aliphatic heterocycles. The zero-order valence-electron chi connectivity index (χ0n) is 22.0. The number of rotatable bonds is 8. The highest BCUT2D eigenvalue weighted by Gasteiger charge is 2.34. The van der Waals surface area contributed by atoms with Crippen LogP contribution in [0.5, 0.6) is 5.75 Å². The summed E-state index contributed by atoms with van der Waals surface area (Å²) in [6, 6.07) is 11.2. The molecule has 8 heteroatoms. The Labute approximate surface area is 222 Å². The number of likely N-dealkylation sites (tertiary alicyclic amines) is 1. The van der Waals surface area contributed by atoms with Gasteiger partial charge in [0, 0.05) is 35.8 Å². The van der Waals surface area contributed by atoms with Crippen LogP contribution in [0, 0.1) is 35.3 Å². The molecule has 6 nitrogen and oxygen atoms in total. The average Bonchev–Trinajstić information content (AvgIpc) is 2.88. The van der Waals surface area contributed by atoms with Crippen molar-refractivity contribution in [2.24, 2.45) is 11.8 Å². The summed E-state index contributed by atoms with van der Waals surface area (Å²) in [7, 11) is 5.72. The average molecular weight is 522 g/mol. The number of halogens is 2. The van der Waals surface area contributed by atoms with E-state index in [0.29, 0.717) is 13.1 Å². The SMILES string of the molecule is COc1ccc2nccc(C(CC[C@@H]3CCN(CC#Cc4cc(F)cc(F)c4)C[C@@H]3C(=O)O)N(C)C)c2c1. The van der Waals surface area contributed by atoms with E-state index in [0.717, 1.165) is 54.1 Å². The fraction of sp³-hybridized carbons (Fsp3) is 0.400. The highest BCUT2D eigenvalue weighted by atomic mass is 19.1. The van der Waals surface area contributed by atoms with Gasteiger partial charge in [0.1, 0.15) is 17.4 Å². The molecule has 38 heavy (non-hydrogen) atoms. The zero-order valence-corrected chi connectivity index (χ0v) is 22.0. The van der Waals surface area contributed by atoms with E-state index in [1.807, 2.05) is 49.5 Å². The van der Waals surface area contributed by atoms with Gasteiger partial charge in [0.15, 0.2) is 0 Å². The van der Waals surface area contributed by atoms with Crippen molar-refractivity contribution >= 4 is 16.9 Å². The van der Waals surface area contributed by atoms with Crippen LogP contribution in [-0.2, 0) is 4.79 Å². The number of pyridine rings is 1. The molecule has 1 N–H and O–H groups in total. The number of ether oxygens (including phenoxy) is 1. The molecule has 1 saturated heterocycles. The van der Waals surface area contributed by atoms with Crippen molar-refractivity contribution < 1.29 is 23.4 Å². The van der Waals surface area contributed by atoms with Crippen LogP contribution >= 0.6 is 0 Å². The van der Waals surface area contributed by atoms with Crippen LogP contribution in [0.1, 0.15) is 36.4 Å². The summed E-state index contributed by atoms with van der Waals surface area (Å²) in [5, 5.41) is 11.0. The Morgan fingerprint density at radius 1 is 1.21 bits per heavy atom. The van der Waals surface area contributed by atoms with E-state index in [9.17, 15) is 18.7 Å². The standard InChI is InChI=1S/C30H33F2N3O3/c1-34(2)29(25-10-12-33-28-8-7-24(38-3)18-26(25)28)9-6-21-11-14-35(19-27(21)30(36)37)13-4-5-20-15-22(31)17-23(32)16-20/h7-8,10,12,15-18,21,27,29H,6,9,11,13-14,19H2,1-3H3,(H,36,37)/t21-,27+,29?/m1/s1. The number of hydrogen-bond acceptors (Lipinski definition) is 5. The van der Waals surface area contributed by atoms with Crippen LogP contribution in [0.15, 0.2) is 48.7 Å². The van der Waals surface area contributed by atoms with Crippen LogP contribution in [0.25, 0.3) is 10.9 Å². The van der Waals surface area contributed by atoms with Crippen LogP contribution in [-0.4, -0.2) is 66.7 Å². The number of aromatic nitrogens is 1. The van der Waals surface area contributed by atoms with Crippen molar-refractivity contribution in [1.82, 2.24) is 14.8 Å². The molecular weight excluding hydrogens is 488 g/mol. The Morgan fingerprint density at radius 3 is 2.66 bits per heavy atom. The van der Waals surface area contributed by atoms with Crippen molar-refractivity contribution in [3.8, 4) is 17.6 Å². The van der Waals surface area contributed by atoms with Crippen molar-refractivity contribution in [3.63, 3.8) is 0 Å². The largest absolute Gasteiger partial charge is 0.497 e. The number of carboxylic acid groups (broad SMARTS) is 1. The molecule has 4 rings (SSSR count). The van der Waals surface area contributed by atoms with E-state index in [2.05, 4.69) is 21.7 Å². The maximum atomic E-state index is 13.4. The molecular formula is C30H33F2N3O3. The molecule has 1 aliphatic rings. The molecule has 200 valence electrons. The van der Waals surface area contributed by atoms with Gasteiger partial charge in [-0.15, -0.1) is 0 Å². The molecule has 0 radical (unpaired) electrons. The fourth-order valence-corrected chi connectivity index (χ4v) is 5.34. The maximum Gasteiger partial charge on any atom is 0.308 e. The van der Waals surface area contributed by atoms with Crippen LogP contribution in [0.3, 0.4) is 0 Å². The summed E-state index contributed by atoms with van der Waals surface area (Å²) < 4.78 is 32.2. The van der Waals surface area contributed by atoms with Crippen LogP contribution in [0.2, 0.25) is 0 Å². The van der Waals surface area contributed by atoms with Gasteiger partial charge in [-0.3, -0.25) is 14.7 Å². The smallest absolute Gasteiger partial charge is 0.308 e. The summed E-state index contributed by atoms with van der Waals surface area (Å²) in [4.78, 5) is 20.9. The molecule has 0 aliphatic carbocycles. The van der Waals surface area contributed by atoms with E-state index in [1.54, 1.807) is 7.11 Å². The highest BCUT2D eigenvalue weighted by molar-refractivity contribution is 5.84. The third-order valence-corrected chi connectivity index (χ3v) is 7.33. The first kappa shape index (κ1) is 27.5. The topological polar surface area (TPSA) is 65.9 Å². The first-order valence-corrected chi connectivity index (χ1v) is 12.7. The van der Waals surface area contributed by atoms with E-state index < -0.39 is 23.5 Å². The summed E-state index contributed by atoms with van der Waals surface area (Å²) in [6.45, 7) is 1.47. The number of nitrogens with zero attached hydrogens (tertiary/aromatic N) is 3. The Morgan fingerprint density at radius 2 is 1.97 bits per heavy atom. The highest BCUT2D eigenvalue weighted by Crippen LogP contribution is 2.35. The predicted molar refractivity (Wildman–Crippen MR) is 143 cm³/mol. The lowest BCUT2D eigenvalue weighted by atomic mass is 9.80. The number of carbonyl (C=O) groups is 1. The molecule has 3 atom stereocenters. The number of carboxylic acids is 1. The first-order chi connectivity index (χ1) is 18.2.